The van der Waals surface area contributed by atoms with Crippen molar-refractivity contribution in [2.45, 2.75) is 6.61 Å². The molecule has 1 N–H and O–H groups in total. The van der Waals surface area contributed by atoms with Crippen LogP contribution in [0.4, 0.5) is 0 Å². The van der Waals surface area contributed by atoms with Crippen molar-refractivity contribution in [3.05, 3.63) is 60.2 Å². The first-order valence-electron chi connectivity index (χ1n) is 5.14. The molecule has 0 aliphatic heterocycles. The van der Waals surface area contributed by atoms with Crippen LogP contribution in [0.5, 0.6) is 0 Å². The summed E-state index contributed by atoms with van der Waals surface area (Å²) in [6.07, 6.45) is 0. The summed E-state index contributed by atoms with van der Waals surface area (Å²) in [5, 5.41) is 0. The van der Waals surface area contributed by atoms with Gasteiger partial charge in [0.15, 0.2) is 0 Å². The highest BCUT2D eigenvalue weighted by molar-refractivity contribution is 7.74. The van der Waals surface area contributed by atoms with Crippen LogP contribution in [0.1, 0.15) is 5.56 Å². The van der Waals surface area contributed by atoms with Crippen molar-refractivity contribution in [1.82, 2.24) is 0 Å². The molecule has 0 saturated carbocycles. The van der Waals surface area contributed by atoms with E-state index in [9.17, 15) is 4.21 Å². The Morgan fingerprint density at radius 2 is 1.53 bits per heavy atom. The van der Waals surface area contributed by atoms with Crippen LogP contribution in [0.25, 0.3) is 11.1 Å². The third-order valence-corrected chi connectivity index (χ3v) is 2.71. The third kappa shape index (κ3) is 3.49. The maximum Gasteiger partial charge on any atom is 0.302 e. The van der Waals surface area contributed by atoms with Crippen LogP contribution >= 0.6 is 0 Å². The summed E-state index contributed by atoms with van der Waals surface area (Å²) >= 11 is -2.21. The predicted molar refractivity (Wildman–Crippen MR) is 67.4 cm³/mol. The van der Waals surface area contributed by atoms with Gasteiger partial charge in [0.05, 0.1) is 6.61 Å². The van der Waals surface area contributed by atoms with Crippen molar-refractivity contribution in [3.63, 3.8) is 0 Å². The van der Waals surface area contributed by atoms with E-state index in [4.69, 9.17) is 4.55 Å². The standard InChI is InChI=1S/C13H12O3S/c14-17(15)16-10-11-6-8-13(9-7-11)12-4-2-1-3-5-12/h1-9H,10H2,(H,14,15). The smallest absolute Gasteiger partial charge is 0.284 e. The van der Waals surface area contributed by atoms with Gasteiger partial charge in [-0.1, -0.05) is 54.6 Å². The van der Waals surface area contributed by atoms with Crippen molar-refractivity contribution in [2.75, 3.05) is 0 Å². The second-order valence-electron chi connectivity index (χ2n) is 3.54. The largest absolute Gasteiger partial charge is 0.302 e. The van der Waals surface area contributed by atoms with Crippen LogP contribution < -0.4 is 0 Å². The molecular formula is C13H12O3S. The molecule has 3 nitrogen and oxygen atoms in total. The number of hydrogen-bond acceptors (Lipinski definition) is 2. The Balaban J connectivity index is 2.11. The molecule has 0 aliphatic rings. The van der Waals surface area contributed by atoms with Gasteiger partial charge in [0.2, 0.25) is 0 Å². The SMILES string of the molecule is O=S(O)OCc1ccc(-c2ccccc2)cc1. The lowest BCUT2D eigenvalue weighted by molar-refractivity contribution is 0.297. The Hall–Kier alpha value is -1.49. The van der Waals surface area contributed by atoms with E-state index in [2.05, 4.69) is 4.18 Å². The highest BCUT2D eigenvalue weighted by Crippen LogP contribution is 2.19. The second kappa shape index (κ2) is 5.72. The molecule has 2 aromatic carbocycles. The van der Waals surface area contributed by atoms with Crippen molar-refractivity contribution >= 4 is 11.4 Å². The van der Waals surface area contributed by atoms with E-state index >= 15 is 0 Å². The number of hydrogen-bond donors (Lipinski definition) is 1. The molecule has 0 saturated heterocycles. The summed E-state index contributed by atoms with van der Waals surface area (Å²) < 4.78 is 23.4. The zero-order valence-electron chi connectivity index (χ0n) is 9.08. The molecule has 0 aromatic heterocycles. The molecule has 0 spiro atoms. The zero-order valence-corrected chi connectivity index (χ0v) is 9.89. The van der Waals surface area contributed by atoms with Crippen LogP contribution in [-0.2, 0) is 22.2 Å². The van der Waals surface area contributed by atoms with Crippen LogP contribution in [0.2, 0.25) is 0 Å². The molecule has 0 radical (unpaired) electrons. The Bertz CT molecular complexity index is 494. The molecule has 0 aliphatic carbocycles. The number of benzene rings is 2. The Labute approximate surface area is 103 Å². The lowest BCUT2D eigenvalue weighted by Gasteiger charge is -2.03. The van der Waals surface area contributed by atoms with E-state index in [1.807, 2.05) is 54.6 Å². The zero-order chi connectivity index (χ0) is 12.1. The molecule has 88 valence electrons. The van der Waals surface area contributed by atoms with Gasteiger partial charge in [-0.25, -0.2) is 0 Å². The highest BCUT2D eigenvalue weighted by Gasteiger charge is 1.99. The molecule has 2 aromatic rings. The highest BCUT2D eigenvalue weighted by atomic mass is 32.2. The van der Waals surface area contributed by atoms with Gasteiger partial charge in [-0.15, -0.1) is 0 Å². The van der Waals surface area contributed by atoms with E-state index in [-0.39, 0.29) is 6.61 Å². The van der Waals surface area contributed by atoms with E-state index in [1.54, 1.807) is 0 Å². The summed E-state index contributed by atoms with van der Waals surface area (Å²) in [5.41, 5.74) is 3.12. The average molecular weight is 248 g/mol. The van der Waals surface area contributed by atoms with Crippen molar-refractivity contribution in [1.29, 1.82) is 0 Å². The van der Waals surface area contributed by atoms with Gasteiger partial charge in [-0.05, 0) is 16.7 Å². The second-order valence-corrected chi connectivity index (χ2v) is 4.21. The summed E-state index contributed by atoms with van der Waals surface area (Å²) in [4.78, 5) is 0. The van der Waals surface area contributed by atoms with Gasteiger partial charge in [-0.3, -0.25) is 8.74 Å². The van der Waals surface area contributed by atoms with Crippen LogP contribution in [0.15, 0.2) is 54.6 Å². The van der Waals surface area contributed by atoms with Crippen molar-refractivity contribution in [3.8, 4) is 11.1 Å². The molecule has 2 rings (SSSR count). The first-order valence-corrected chi connectivity index (χ1v) is 6.17. The summed E-state index contributed by atoms with van der Waals surface area (Å²) in [7, 11) is 0. The van der Waals surface area contributed by atoms with Crippen LogP contribution in [0.3, 0.4) is 0 Å². The molecule has 1 unspecified atom stereocenters. The minimum atomic E-state index is -2.21. The van der Waals surface area contributed by atoms with E-state index in [1.165, 1.54) is 0 Å². The first-order chi connectivity index (χ1) is 8.25. The normalized spacial score (nSPS) is 12.3. The summed E-state index contributed by atoms with van der Waals surface area (Å²) in [5.74, 6) is 0. The fraction of sp³-hybridized carbons (Fsp3) is 0.0769. The Morgan fingerprint density at radius 3 is 2.12 bits per heavy atom. The monoisotopic (exact) mass is 248 g/mol. The number of rotatable bonds is 4. The summed E-state index contributed by atoms with van der Waals surface area (Å²) in [6, 6.07) is 17.7. The lowest BCUT2D eigenvalue weighted by atomic mass is 10.0. The first kappa shape index (κ1) is 12.0. The third-order valence-electron chi connectivity index (χ3n) is 2.39. The minimum Gasteiger partial charge on any atom is -0.284 e. The predicted octanol–water partition coefficient (Wildman–Crippen LogP) is 3.01. The summed E-state index contributed by atoms with van der Waals surface area (Å²) in [6.45, 7) is 0.137. The van der Waals surface area contributed by atoms with Gasteiger partial charge in [-0.2, -0.15) is 4.21 Å². The fourth-order valence-electron chi connectivity index (χ4n) is 1.54. The fourth-order valence-corrected chi connectivity index (χ4v) is 1.78. The van der Waals surface area contributed by atoms with Gasteiger partial charge < -0.3 is 0 Å². The lowest BCUT2D eigenvalue weighted by Crippen LogP contribution is -1.95. The van der Waals surface area contributed by atoms with E-state index < -0.39 is 11.4 Å². The molecule has 4 heteroatoms. The molecule has 17 heavy (non-hydrogen) atoms. The van der Waals surface area contributed by atoms with Crippen LogP contribution in [-0.4, -0.2) is 8.76 Å². The quantitative estimate of drug-likeness (QED) is 0.846. The van der Waals surface area contributed by atoms with Gasteiger partial charge in [0, 0.05) is 0 Å². The topological polar surface area (TPSA) is 46.5 Å². The molecule has 0 amide bonds. The molecule has 0 fully saturated rings. The molecular weight excluding hydrogens is 236 g/mol. The van der Waals surface area contributed by atoms with E-state index in [0.29, 0.717) is 0 Å². The van der Waals surface area contributed by atoms with Gasteiger partial charge >= 0.3 is 11.4 Å². The molecule has 0 bridgehead atoms. The Morgan fingerprint density at radius 1 is 0.941 bits per heavy atom. The molecule has 1 atom stereocenters. The maximum absolute atomic E-state index is 10.3. The van der Waals surface area contributed by atoms with Crippen LogP contribution in [0, 0.1) is 0 Å². The van der Waals surface area contributed by atoms with Gasteiger partial charge in [0.1, 0.15) is 0 Å². The van der Waals surface area contributed by atoms with Gasteiger partial charge in [0.25, 0.3) is 0 Å². The maximum atomic E-state index is 10.3. The van der Waals surface area contributed by atoms with Crippen molar-refractivity contribution < 1.29 is 12.9 Å². The average Bonchev–Trinajstić information content (AvgIpc) is 2.38. The Kier molecular flexibility index (Phi) is 4.03. The molecule has 0 heterocycles. The van der Waals surface area contributed by atoms with Crippen molar-refractivity contribution in [2.24, 2.45) is 0 Å². The minimum absolute atomic E-state index is 0.137. The van der Waals surface area contributed by atoms with E-state index in [0.717, 1.165) is 16.7 Å².